The number of hydrogen-bond donors (Lipinski definition) is 0. The molecule has 100 valence electrons. The van der Waals surface area contributed by atoms with Gasteiger partial charge in [-0.15, -0.1) is 0 Å². The number of benzene rings is 1. The summed E-state index contributed by atoms with van der Waals surface area (Å²) in [5.74, 6) is -0.723. The lowest BCUT2D eigenvalue weighted by Gasteiger charge is -2.12. The summed E-state index contributed by atoms with van der Waals surface area (Å²) in [5, 5.41) is 3.62. The molecular formula is C12H9F3N2O2. The van der Waals surface area contributed by atoms with Crippen molar-refractivity contribution in [2.75, 3.05) is 7.11 Å². The molecule has 0 saturated heterocycles. The molecule has 0 aliphatic rings. The van der Waals surface area contributed by atoms with Gasteiger partial charge in [-0.3, -0.25) is 0 Å². The van der Waals surface area contributed by atoms with Gasteiger partial charge in [-0.2, -0.15) is 18.3 Å². The fourth-order valence-corrected chi connectivity index (χ4v) is 1.65. The zero-order chi connectivity index (χ0) is 14.0. The first-order chi connectivity index (χ1) is 8.95. The van der Waals surface area contributed by atoms with E-state index in [0.29, 0.717) is 4.68 Å². The van der Waals surface area contributed by atoms with Gasteiger partial charge < -0.3 is 4.74 Å². The van der Waals surface area contributed by atoms with Crippen LogP contribution >= 0.6 is 0 Å². The number of carbonyl (C=O) groups excluding carboxylic acids is 1. The summed E-state index contributed by atoms with van der Waals surface area (Å²) in [6.07, 6.45) is -3.53. The SMILES string of the molecule is COC(=O)c1ccccc1-n1nccc1C(F)(F)F. The van der Waals surface area contributed by atoms with Gasteiger partial charge in [0.25, 0.3) is 0 Å². The van der Waals surface area contributed by atoms with Crippen LogP contribution in [0, 0.1) is 0 Å². The summed E-state index contributed by atoms with van der Waals surface area (Å²) in [6, 6.07) is 6.64. The largest absolute Gasteiger partial charge is 0.465 e. The highest BCUT2D eigenvalue weighted by Gasteiger charge is 2.35. The van der Waals surface area contributed by atoms with Gasteiger partial charge in [0.2, 0.25) is 0 Å². The van der Waals surface area contributed by atoms with Crippen LogP contribution < -0.4 is 0 Å². The highest BCUT2D eigenvalue weighted by molar-refractivity contribution is 5.93. The van der Waals surface area contributed by atoms with E-state index in [1.54, 1.807) is 0 Å². The first-order valence-electron chi connectivity index (χ1n) is 5.24. The van der Waals surface area contributed by atoms with Gasteiger partial charge >= 0.3 is 12.1 Å². The van der Waals surface area contributed by atoms with Crippen LogP contribution in [-0.4, -0.2) is 22.9 Å². The molecule has 0 fully saturated rings. The van der Waals surface area contributed by atoms with Crippen LogP contribution in [0.2, 0.25) is 0 Å². The van der Waals surface area contributed by atoms with E-state index in [-0.39, 0.29) is 11.3 Å². The van der Waals surface area contributed by atoms with Crippen LogP contribution in [0.1, 0.15) is 16.1 Å². The standard InChI is InChI=1S/C12H9F3N2O2/c1-19-11(18)8-4-2-3-5-9(8)17-10(6-7-16-17)12(13,14)15/h2-7H,1H3. The second kappa shape index (κ2) is 4.75. The molecule has 4 nitrogen and oxygen atoms in total. The lowest BCUT2D eigenvalue weighted by molar-refractivity contribution is -0.142. The third kappa shape index (κ3) is 2.44. The fraction of sp³-hybridized carbons (Fsp3) is 0.167. The van der Waals surface area contributed by atoms with Crippen molar-refractivity contribution in [3.05, 3.63) is 47.8 Å². The monoisotopic (exact) mass is 270 g/mol. The Morgan fingerprint density at radius 2 is 1.95 bits per heavy atom. The number of rotatable bonds is 2. The van der Waals surface area contributed by atoms with Crippen LogP contribution in [0.4, 0.5) is 13.2 Å². The maximum absolute atomic E-state index is 12.8. The Labute approximate surface area is 106 Å². The molecule has 1 aromatic carbocycles. The van der Waals surface area contributed by atoms with Crippen LogP contribution in [0.15, 0.2) is 36.5 Å². The van der Waals surface area contributed by atoms with Crippen molar-refractivity contribution in [2.24, 2.45) is 0 Å². The van der Waals surface area contributed by atoms with Crippen molar-refractivity contribution in [1.29, 1.82) is 0 Å². The Morgan fingerprint density at radius 3 is 2.58 bits per heavy atom. The third-order valence-electron chi connectivity index (χ3n) is 2.47. The molecule has 0 saturated carbocycles. The normalized spacial score (nSPS) is 11.4. The molecule has 0 unspecified atom stereocenters. The molecule has 2 rings (SSSR count). The Morgan fingerprint density at radius 1 is 1.26 bits per heavy atom. The predicted octanol–water partition coefficient (Wildman–Crippen LogP) is 2.68. The number of carbonyl (C=O) groups is 1. The fourth-order valence-electron chi connectivity index (χ4n) is 1.65. The van der Waals surface area contributed by atoms with Crippen LogP contribution in [0.3, 0.4) is 0 Å². The topological polar surface area (TPSA) is 44.1 Å². The molecule has 1 heterocycles. The maximum Gasteiger partial charge on any atom is 0.433 e. The average Bonchev–Trinajstić information content (AvgIpc) is 2.87. The summed E-state index contributed by atoms with van der Waals surface area (Å²) in [5.41, 5.74) is -0.922. The van der Waals surface area contributed by atoms with Gasteiger partial charge in [0, 0.05) is 0 Å². The molecule has 0 aliphatic heterocycles. The van der Waals surface area contributed by atoms with Gasteiger partial charge in [0.05, 0.1) is 24.6 Å². The summed E-state index contributed by atoms with van der Waals surface area (Å²) in [4.78, 5) is 11.5. The van der Waals surface area contributed by atoms with Crippen molar-refractivity contribution in [3.63, 3.8) is 0 Å². The maximum atomic E-state index is 12.8. The number of ether oxygens (including phenoxy) is 1. The molecule has 19 heavy (non-hydrogen) atoms. The number of nitrogens with zero attached hydrogens (tertiary/aromatic N) is 2. The number of para-hydroxylation sites is 1. The summed E-state index contributed by atoms with van der Waals surface area (Å²) < 4.78 is 43.6. The Hall–Kier alpha value is -2.31. The third-order valence-corrected chi connectivity index (χ3v) is 2.47. The Kier molecular flexibility index (Phi) is 3.28. The second-order valence-corrected chi connectivity index (χ2v) is 3.63. The number of methoxy groups -OCH3 is 1. The number of hydrogen-bond acceptors (Lipinski definition) is 3. The van der Waals surface area contributed by atoms with Gasteiger partial charge in [-0.25, -0.2) is 9.48 Å². The number of alkyl halides is 3. The second-order valence-electron chi connectivity index (χ2n) is 3.63. The quantitative estimate of drug-likeness (QED) is 0.788. The van der Waals surface area contributed by atoms with Crippen molar-refractivity contribution in [2.45, 2.75) is 6.18 Å². The van der Waals surface area contributed by atoms with Gasteiger partial charge in [-0.1, -0.05) is 12.1 Å². The van der Waals surface area contributed by atoms with Crippen LogP contribution in [0.5, 0.6) is 0 Å². The van der Waals surface area contributed by atoms with E-state index in [4.69, 9.17) is 0 Å². The van der Waals surface area contributed by atoms with E-state index < -0.39 is 17.8 Å². The van der Waals surface area contributed by atoms with Crippen LogP contribution in [0.25, 0.3) is 5.69 Å². The molecular weight excluding hydrogens is 261 g/mol. The van der Waals surface area contributed by atoms with Gasteiger partial charge in [0.15, 0.2) is 0 Å². The minimum Gasteiger partial charge on any atom is -0.465 e. The Balaban J connectivity index is 2.61. The van der Waals surface area contributed by atoms with E-state index in [1.165, 1.54) is 24.3 Å². The molecule has 2 aromatic rings. The van der Waals surface area contributed by atoms with Crippen molar-refractivity contribution in [3.8, 4) is 5.69 Å². The van der Waals surface area contributed by atoms with Crippen molar-refractivity contribution in [1.82, 2.24) is 9.78 Å². The molecule has 0 N–H and O–H groups in total. The summed E-state index contributed by atoms with van der Waals surface area (Å²) in [7, 11) is 1.16. The van der Waals surface area contributed by atoms with E-state index in [2.05, 4.69) is 9.84 Å². The van der Waals surface area contributed by atoms with E-state index in [1.807, 2.05) is 0 Å². The van der Waals surface area contributed by atoms with Gasteiger partial charge in [-0.05, 0) is 18.2 Å². The summed E-state index contributed by atoms with van der Waals surface area (Å²) in [6.45, 7) is 0. The zero-order valence-corrected chi connectivity index (χ0v) is 9.81. The lowest BCUT2D eigenvalue weighted by atomic mass is 10.2. The lowest BCUT2D eigenvalue weighted by Crippen LogP contribution is -2.16. The van der Waals surface area contributed by atoms with E-state index in [9.17, 15) is 18.0 Å². The molecule has 0 spiro atoms. The average molecular weight is 270 g/mol. The molecule has 7 heteroatoms. The number of esters is 1. The smallest absolute Gasteiger partial charge is 0.433 e. The Bertz CT molecular complexity index is 605. The van der Waals surface area contributed by atoms with Crippen molar-refractivity contribution < 1.29 is 22.7 Å². The molecule has 0 radical (unpaired) electrons. The first kappa shape index (κ1) is 13.1. The van der Waals surface area contributed by atoms with E-state index >= 15 is 0 Å². The van der Waals surface area contributed by atoms with E-state index in [0.717, 1.165) is 19.4 Å². The minimum absolute atomic E-state index is 0.0131. The molecule has 0 bridgehead atoms. The molecule has 1 aromatic heterocycles. The number of aromatic nitrogens is 2. The molecule has 0 aliphatic carbocycles. The number of halogens is 3. The minimum atomic E-state index is -4.56. The van der Waals surface area contributed by atoms with Crippen molar-refractivity contribution >= 4 is 5.97 Å². The van der Waals surface area contributed by atoms with Gasteiger partial charge in [0.1, 0.15) is 5.69 Å². The molecule has 0 amide bonds. The highest BCUT2D eigenvalue weighted by Crippen LogP contribution is 2.31. The highest BCUT2D eigenvalue weighted by atomic mass is 19.4. The van der Waals surface area contributed by atoms with Crippen LogP contribution in [-0.2, 0) is 10.9 Å². The molecule has 0 atom stereocenters. The zero-order valence-electron chi connectivity index (χ0n) is 9.81. The summed E-state index contributed by atoms with van der Waals surface area (Å²) >= 11 is 0. The predicted molar refractivity (Wildman–Crippen MR) is 59.9 cm³/mol. The first-order valence-corrected chi connectivity index (χ1v) is 5.24.